The number of para-hydroxylation sites is 1. The van der Waals surface area contributed by atoms with Gasteiger partial charge in [0.25, 0.3) is 0 Å². The number of benzene rings is 1. The summed E-state index contributed by atoms with van der Waals surface area (Å²) in [4.78, 5) is 19.7. The third-order valence-electron chi connectivity index (χ3n) is 6.38. The van der Waals surface area contributed by atoms with Crippen LogP contribution in [-0.4, -0.2) is 67.2 Å². The van der Waals surface area contributed by atoms with Crippen LogP contribution in [0.2, 0.25) is 0 Å². The standard InChI is InChI=1S/C20H30N4O/c1-22-17-7-8-19(22)15-24(14-11-17)20(25)21-16-9-12-23(13-10-16)18-5-3-2-4-6-18/h2-6,16-17,19H,7-15H2,1H3,(H,21,25)/t17-,19-/m0/s1. The maximum atomic E-state index is 12.7. The van der Waals surface area contributed by atoms with Crippen LogP contribution in [0.1, 0.15) is 32.1 Å². The number of carbonyl (C=O) groups is 1. The number of hydrogen-bond donors (Lipinski definition) is 1. The fraction of sp³-hybridized carbons (Fsp3) is 0.650. The van der Waals surface area contributed by atoms with Crippen LogP contribution in [0.5, 0.6) is 0 Å². The minimum Gasteiger partial charge on any atom is -0.371 e. The van der Waals surface area contributed by atoms with Crippen LogP contribution in [0.25, 0.3) is 0 Å². The molecule has 0 aromatic heterocycles. The Bertz CT molecular complexity index is 585. The van der Waals surface area contributed by atoms with E-state index in [0.29, 0.717) is 18.1 Å². The van der Waals surface area contributed by atoms with Crippen molar-refractivity contribution in [3.05, 3.63) is 30.3 Å². The highest BCUT2D eigenvalue weighted by molar-refractivity contribution is 5.74. The molecule has 0 radical (unpaired) electrons. The van der Waals surface area contributed by atoms with E-state index >= 15 is 0 Å². The number of rotatable bonds is 2. The summed E-state index contributed by atoms with van der Waals surface area (Å²) >= 11 is 0. The zero-order valence-electron chi connectivity index (χ0n) is 15.2. The molecule has 1 aromatic carbocycles. The second kappa shape index (κ2) is 7.24. The van der Waals surface area contributed by atoms with Gasteiger partial charge in [0.2, 0.25) is 0 Å². The van der Waals surface area contributed by atoms with Gasteiger partial charge in [-0.2, -0.15) is 0 Å². The Kier molecular flexibility index (Phi) is 4.84. The number of likely N-dealkylation sites (tertiary alicyclic amines) is 1. The number of anilines is 1. The largest absolute Gasteiger partial charge is 0.371 e. The molecule has 0 saturated carbocycles. The molecule has 2 amide bonds. The molecule has 3 fully saturated rings. The second-order valence-corrected chi connectivity index (χ2v) is 7.83. The Hall–Kier alpha value is -1.75. The zero-order valence-corrected chi connectivity index (χ0v) is 15.2. The quantitative estimate of drug-likeness (QED) is 0.898. The van der Waals surface area contributed by atoms with Crippen LogP contribution >= 0.6 is 0 Å². The molecule has 2 bridgehead atoms. The first-order chi connectivity index (χ1) is 12.2. The Balaban J connectivity index is 1.28. The average molecular weight is 342 g/mol. The van der Waals surface area contributed by atoms with Crippen molar-refractivity contribution in [2.24, 2.45) is 0 Å². The molecular formula is C20H30N4O. The monoisotopic (exact) mass is 342 g/mol. The van der Waals surface area contributed by atoms with Crippen molar-refractivity contribution >= 4 is 11.7 Å². The Morgan fingerprint density at radius 3 is 2.44 bits per heavy atom. The molecule has 0 unspecified atom stereocenters. The van der Waals surface area contributed by atoms with Crippen LogP contribution in [0.3, 0.4) is 0 Å². The molecule has 1 N–H and O–H groups in total. The summed E-state index contributed by atoms with van der Waals surface area (Å²) in [6.45, 7) is 3.83. The topological polar surface area (TPSA) is 38.8 Å². The molecular weight excluding hydrogens is 312 g/mol. The molecule has 25 heavy (non-hydrogen) atoms. The Morgan fingerprint density at radius 2 is 1.68 bits per heavy atom. The molecule has 4 rings (SSSR count). The summed E-state index contributed by atoms with van der Waals surface area (Å²) < 4.78 is 0. The predicted molar refractivity (Wildman–Crippen MR) is 101 cm³/mol. The second-order valence-electron chi connectivity index (χ2n) is 7.83. The van der Waals surface area contributed by atoms with Crippen LogP contribution in [-0.2, 0) is 0 Å². The van der Waals surface area contributed by atoms with Gasteiger partial charge in [-0.25, -0.2) is 4.79 Å². The lowest BCUT2D eigenvalue weighted by Gasteiger charge is -2.35. The number of nitrogens with zero attached hydrogens (tertiary/aromatic N) is 3. The maximum absolute atomic E-state index is 12.7. The van der Waals surface area contributed by atoms with Gasteiger partial charge in [0.05, 0.1) is 0 Å². The van der Waals surface area contributed by atoms with Gasteiger partial charge in [-0.1, -0.05) is 18.2 Å². The van der Waals surface area contributed by atoms with Gasteiger partial charge in [-0.15, -0.1) is 0 Å². The number of nitrogens with one attached hydrogen (secondary N) is 1. The number of carbonyl (C=O) groups excluding carboxylic acids is 1. The molecule has 1 aromatic rings. The third kappa shape index (κ3) is 3.61. The van der Waals surface area contributed by atoms with Gasteiger partial charge in [0.1, 0.15) is 0 Å². The summed E-state index contributed by atoms with van der Waals surface area (Å²) in [5, 5.41) is 3.30. The summed E-state index contributed by atoms with van der Waals surface area (Å²) in [6.07, 6.45) is 5.71. The van der Waals surface area contributed by atoms with E-state index in [1.54, 1.807) is 0 Å². The number of piperidine rings is 1. The van der Waals surface area contributed by atoms with Crippen molar-refractivity contribution in [1.82, 2.24) is 15.1 Å². The van der Waals surface area contributed by atoms with E-state index in [9.17, 15) is 4.79 Å². The molecule has 5 heteroatoms. The van der Waals surface area contributed by atoms with Crippen LogP contribution in [0.4, 0.5) is 10.5 Å². The lowest BCUT2D eigenvalue weighted by Crippen LogP contribution is -2.51. The third-order valence-corrected chi connectivity index (χ3v) is 6.38. The van der Waals surface area contributed by atoms with Crippen molar-refractivity contribution in [1.29, 1.82) is 0 Å². The highest BCUT2D eigenvalue weighted by Crippen LogP contribution is 2.28. The van der Waals surface area contributed by atoms with Crippen molar-refractivity contribution < 1.29 is 4.79 Å². The molecule has 3 aliphatic heterocycles. The van der Waals surface area contributed by atoms with Crippen LogP contribution in [0, 0.1) is 0 Å². The Morgan fingerprint density at radius 1 is 0.960 bits per heavy atom. The smallest absolute Gasteiger partial charge is 0.317 e. The first-order valence-electron chi connectivity index (χ1n) is 9.78. The number of amides is 2. The molecule has 3 heterocycles. The van der Waals surface area contributed by atoms with E-state index in [1.165, 1.54) is 18.5 Å². The summed E-state index contributed by atoms with van der Waals surface area (Å²) in [5.41, 5.74) is 1.29. The van der Waals surface area contributed by atoms with Crippen LogP contribution in [0.15, 0.2) is 30.3 Å². The maximum Gasteiger partial charge on any atom is 0.317 e. The number of likely N-dealkylation sites (N-methyl/N-ethyl adjacent to an activating group) is 1. The summed E-state index contributed by atoms with van der Waals surface area (Å²) in [6, 6.07) is 12.3. The molecule has 0 aliphatic carbocycles. The molecule has 2 atom stereocenters. The van der Waals surface area contributed by atoms with E-state index in [2.05, 4.69) is 57.4 Å². The summed E-state index contributed by atoms with van der Waals surface area (Å²) in [5.74, 6) is 0. The SMILES string of the molecule is CN1[C@H]2CC[C@H]1CN(C(=O)NC1CCN(c3ccccc3)CC1)CC2. The minimum atomic E-state index is 0.152. The van der Waals surface area contributed by atoms with Gasteiger partial charge < -0.3 is 15.1 Å². The normalized spacial score (nSPS) is 28.0. The fourth-order valence-electron chi connectivity index (χ4n) is 4.68. The predicted octanol–water partition coefficient (Wildman–Crippen LogP) is 2.53. The minimum absolute atomic E-state index is 0.152. The Labute approximate surface area is 151 Å². The first-order valence-corrected chi connectivity index (χ1v) is 9.78. The highest BCUT2D eigenvalue weighted by atomic mass is 16.2. The lowest BCUT2D eigenvalue weighted by atomic mass is 10.0. The van der Waals surface area contributed by atoms with Crippen LogP contribution < -0.4 is 10.2 Å². The van der Waals surface area contributed by atoms with Gasteiger partial charge in [0, 0.05) is 50.0 Å². The summed E-state index contributed by atoms with van der Waals surface area (Å²) in [7, 11) is 2.23. The van der Waals surface area contributed by atoms with E-state index in [0.717, 1.165) is 45.4 Å². The average Bonchev–Trinajstić information content (AvgIpc) is 2.88. The van der Waals surface area contributed by atoms with Gasteiger partial charge in [-0.3, -0.25) is 4.90 Å². The van der Waals surface area contributed by atoms with Gasteiger partial charge >= 0.3 is 6.03 Å². The number of hydrogen-bond acceptors (Lipinski definition) is 3. The molecule has 3 saturated heterocycles. The molecule has 0 spiro atoms. The molecule has 136 valence electrons. The molecule has 3 aliphatic rings. The fourth-order valence-corrected chi connectivity index (χ4v) is 4.68. The van der Waals surface area contributed by atoms with Crippen molar-refractivity contribution in [2.75, 3.05) is 38.1 Å². The molecule has 5 nitrogen and oxygen atoms in total. The first kappa shape index (κ1) is 16.7. The van der Waals surface area contributed by atoms with Gasteiger partial charge in [0.15, 0.2) is 0 Å². The van der Waals surface area contributed by atoms with E-state index < -0.39 is 0 Å². The number of fused-ring (bicyclic) bond motifs is 2. The highest BCUT2D eigenvalue weighted by Gasteiger charge is 2.36. The van der Waals surface area contributed by atoms with Crippen molar-refractivity contribution in [3.8, 4) is 0 Å². The number of urea groups is 1. The van der Waals surface area contributed by atoms with Gasteiger partial charge in [-0.05, 0) is 51.3 Å². The zero-order chi connectivity index (χ0) is 17.2. The van der Waals surface area contributed by atoms with Crippen molar-refractivity contribution in [2.45, 2.75) is 50.2 Å². The van der Waals surface area contributed by atoms with E-state index in [-0.39, 0.29) is 6.03 Å². The van der Waals surface area contributed by atoms with E-state index in [4.69, 9.17) is 0 Å². The lowest BCUT2D eigenvalue weighted by molar-refractivity contribution is 0.182. The van der Waals surface area contributed by atoms with E-state index in [1.807, 2.05) is 0 Å². The van der Waals surface area contributed by atoms with Crippen molar-refractivity contribution in [3.63, 3.8) is 0 Å².